The Morgan fingerprint density at radius 1 is 1.50 bits per heavy atom. The van der Waals surface area contributed by atoms with Crippen molar-refractivity contribution in [3.63, 3.8) is 0 Å². The van der Waals surface area contributed by atoms with E-state index in [0.717, 1.165) is 0 Å². The van der Waals surface area contributed by atoms with Gasteiger partial charge < -0.3 is 5.32 Å². The molecule has 1 aromatic carbocycles. The molecule has 1 amide bonds. The molecule has 18 heavy (non-hydrogen) atoms. The van der Waals surface area contributed by atoms with Gasteiger partial charge in [-0.1, -0.05) is 11.6 Å². The Labute approximate surface area is 114 Å². The number of carbonyl (C=O) groups excluding carboxylic acids is 1. The van der Waals surface area contributed by atoms with Gasteiger partial charge in [-0.25, -0.2) is 9.67 Å². The minimum absolute atomic E-state index is 0.305. The topological polar surface area (TPSA) is 59.8 Å². The Bertz CT molecular complexity index is 554. The number of hydrogen-bond acceptors (Lipinski definition) is 3. The fourth-order valence-corrected chi connectivity index (χ4v) is 1.60. The van der Waals surface area contributed by atoms with Crippen LogP contribution >= 0.6 is 23.2 Å². The monoisotopic (exact) mass is 284 g/mol. The molecule has 2 aromatic rings. The number of aromatic nitrogens is 3. The first-order valence-electron chi connectivity index (χ1n) is 5.17. The second kappa shape index (κ2) is 5.37. The van der Waals surface area contributed by atoms with Gasteiger partial charge in [0.1, 0.15) is 18.0 Å². The SMILES string of the molecule is CC(Cl)C(=O)Nc1cc(Cl)ccc1-n1cncn1. The number of halogens is 2. The van der Waals surface area contributed by atoms with Crippen molar-refractivity contribution in [2.45, 2.75) is 12.3 Å². The highest BCUT2D eigenvalue weighted by atomic mass is 35.5. The van der Waals surface area contributed by atoms with Crippen LogP contribution in [-0.4, -0.2) is 26.0 Å². The van der Waals surface area contributed by atoms with Crippen molar-refractivity contribution in [3.05, 3.63) is 35.9 Å². The van der Waals surface area contributed by atoms with Crippen molar-refractivity contribution in [3.8, 4) is 5.69 Å². The third-order valence-corrected chi connectivity index (χ3v) is 2.68. The summed E-state index contributed by atoms with van der Waals surface area (Å²) in [7, 11) is 0. The number of nitrogens with one attached hydrogen (secondary N) is 1. The van der Waals surface area contributed by atoms with Gasteiger partial charge in [-0.3, -0.25) is 4.79 Å². The summed E-state index contributed by atoms with van der Waals surface area (Å²) in [5, 5.41) is 6.58. The van der Waals surface area contributed by atoms with Crippen molar-refractivity contribution >= 4 is 34.8 Å². The van der Waals surface area contributed by atoms with Gasteiger partial charge in [-0.2, -0.15) is 5.10 Å². The summed E-state index contributed by atoms with van der Waals surface area (Å²) in [5.41, 5.74) is 1.20. The highest BCUT2D eigenvalue weighted by Gasteiger charge is 2.13. The van der Waals surface area contributed by atoms with Crippen LogP contribution in [0.2, 0.25) is 5.02 Å². The van der Waals surface area contributed by atoms with E-state index in [1.165, 1.54) is 17.3 Å². The van der Waals surface area contributed by atoms with Gasteiger partial charge in [-0.15, -0.1) is 11.6 Å². The highest BCUT2D eigenvalue weighted by molar-refractivity contribution is 6.33. The van der Waals surface area contributed by atoms with Crippen molar-refractivity contribution in [1.29, 1.82) is 0 Å². The second-order valence-electron chi connectivity index (χ2n) is 3.61. The Kier molecular flexibility index (Phi) is 3.84. The molecule has 0 radical (unpaired) electrons. The Hall–Kier alpha value is -1.59. The predicted molar refractivity (Wildman–Crippen MR) is 70.3 cm³/mol. The maximum atomic E-state index is 11.6. The Morgan fingerprint density at radius 3 is 2.89 bits per heavy atom. The number of anilines is 1. The molecular weight excluding hydrogens is 275 g/mol. The maximum absolute atomic E-state index is 11.6. The van der Waals surface area contributed by atoms with Crippen molar-refractivity contribution in [2.24, 2.45) is 0 Å². The van der Waals surface area contributed by atoms with Crippen molar-refractivity contribution in [1.82, 2.24) is 14.8 Å². The fourth-order valence-electron chi connectivity index (χ4n) is 1.37. The van der Waals surface area contributed by atoms with Crippen LogP contribution in [0.4, 0.5) is 5.69 Å². The molecule has 0 spiro atoms. The number of carbonyl (C=O) groups is 1. The number of rotatable bonds is 3. The van der Waals surface area contributed by atoms with Gasteiger partial charge in [-0.05, 0) is 25.1 Å². The molecule has 1 N–H and O–H groups in total. The highest BCUT2D eigenvalue weighted by Crippen LogP contribution is 2.24. The van der Waals surface area contributed by atoms with E-state index in [2.05, 4.69) is 15.4 Å². The molecule has 0 bridgehead atoms. The minimum atomic E-state index is -0.632. The van der Waals surface area contributed by atoms with Gasteiger partial charge >= 0.3 is 0 Å². The fraction of sp³-hybridized carbons (Fsp3) is 0.182. The molecule has 94 valence electrons. The molecule has 0 saturated heterocycles. The van der Waals surface area contributed by atoms with E-state index in [4.69, 9.17) is 23.2 Å². The zero-order valence-electron chi connectivity index (χ0n) is 9.47. The van der Waals surface area contributed by atoms with Crippen LogP contribution in [0.25, 0.3) is 5.69 Å². The number of nitrogens with zero attached hydrogens (tertiary/aromatic N) is 3. The lowest BCUT2D eigenvalue weighted by molar-refractivity contribution is -0.115. The number of hydrogen-bond donors (Lipinski definition) is 1. The molecule has 0 fully saturated rings. The van der Waals surface area contributed by atoms with E-state index in [-0.39, 0.29) is 5.91 Å². The van der Waals surface area contributed by atoms with E-state index in [9.17, 15) is 4.79 Å². The molecule has 7 heteroatoms. The summed E-state index contributed by atoms with van der Waals surface area (Å²) >= 11 is 11.6. The first-order chi connectivity index (χ1) is 8.58. The summed E-state index contributed by atoms with van der Waals surface area (Å²) < 4.78 is 1.53. The molecule has 1 heterocycles. The van der Waals surface area contributed by atoms with Gasteiger partial charge in [0.25, 0.3) is 0 Å². The zero-order chi connectivity index (χ0) is 13.1. The van der Waals surface area contributed by atoms with Crippen LogP contribution in [-0.2, 0) is 4.79 Å². The summed E-state index contributed by atoms with van der Waals surface area (Å²) in [4.78, 5) is 15.5. The van der Waals surface area contributed by atoms with E-state index < -0.39 is 5.38 Å². The summed E-state index contributed by atoms with van der Waals surface area (Å²) in [5.74, 6) is -0.305. The normalized spacial score (nSPS) is 12.2. The van der Waals surface area contributed by atoms with Gasteiger partial charge in [0.2, 0.25) is 5.91 Å². The molecule has 1 aromatic heterocycles. The number of alkyl halides is 1. The molecule has 0 aliphatic rings. The smallest absolute Gasteiger partial charge is 0.242 e. The van der Waals surface area contributed by atoms with E-state index >= 15 is 0 Å². The quantitative estimate of drug-likeness (QED) is 0.881. The summed E-state index contributed by atoms with van der Waals surface area (Å²) in [6, 6.07) is 5.08. The van der Waals surface area contributed by atoms with Crippen molar-refractivity contribution in [2.75, 3.05) is 5.32 Å². The third kappa shape index (κ3) is 2.80. The molecule has 5 nitrogen and oxygen atoms in total. The van der Waals surface area contributed by atoms with Crippen LogP contribution in [0, 0.1) is 0 Å². The molecule has 1 unspecified atom stereocenters. The zero-order valence-corrected chi connectivity index (χ0v) is 11.0. The van der Waals surface area contributed by atoms with E-state index in [1.807, 2.05) is 0 Å². The molecule has 0 aliphatic heterocycles. The molecule has 0 saturated carbocycles. The molecule has 2 rings (SSSR count). The van der Waals surface area contributed by atoms with Gasteiger partial charge in [0, 0.05) is 5.02 Å². The van der Waals surface area contributed by atoms with Crippen LogP contribution in [0.3, 0.4) is 0 Å². The molecular formula is C11H10Cl2N4O. The van der Waals surface area contributed by atoms with E-state index in [0.29, 0.717) is 16.4 Å². The first kappa shape index (κ1) is 12.9. The Morgan fingerprint density at radius 2 is 2.28 bits per heavy atom. The van der Waals surface area contributed by atoms with Crippen LogP contribution < -0.4 is 5.32 Å². The largest absolute Gasteiger partial charge is 0.323 e. The molecule has 1 atom stereocenters. The second-order valence-corrected chi connectivity index (χ2v) is 4.70. The van der Waals surface area contributed by atoms with E-state index in [1.54, 1.807) is 25.1 Å². The Balaban J connectivity index is 2.39. The van der Waals surface area contributed by atoms with Crippen molar-refractivity contribution < 1.29 is 4.79 Å². The average Bonchev–Trinajstić information content (AvgIpc) is 2.82. The van der Waals surface area contributed by atoms with Gasteiger partial charge in [0.05, 0.1) is 11.4 Å². The maximum Gasteiger partial charge on any atom is 0.242 e. The predicted octanol–water partition coefficient (Wildman–Crippen LogP) is 2.49. The molecule has 0 aliphatic carbocycles. The number of benzene rings is 1. The summed E-state index contributed by atoms with van der Waals surface area (Å²) in [6.07, 6.45) is 2.94. The summed E-state index contributed by atoms with van der Waals surface area (Å²) in [6.45, 7) is 1.59. The lowest BCUT2D eigenvalue weighted by atomic mass is 10.2. The standard InChI is InChI=1S/C11H10Cl2N4O/c1-7(12)11(18)16-9-4-8(13)2-3-10(9)17-6-14-5-15-17/h2-7H,1H3,(H,16,18). The minimum Gasteiger partial charge on any atom is -0.323 e. The van der Waals surface area contributed by atoms with Crippen LogP contribution in [0.15, 0.2) is 30.9 Å². The average molecular weight is 285 g/mol. The van der Waals surface area contributed by atoms with Crippen LogP contribution in [0.1, 0.15) is 6.92 Å². The third-order valence-electron chi connectivity index (χ3n) is 2.24. The lowest BCUT2D eigenvalue weighted by Gasteiger charge is -2.12. The number of amides is 1. The lowest BCUT2D eigenvalue weighted by Crippen LogP contribution is -2.21. The van der Waals surface area contributed by atoms with Crippen LogP contribution in [0.5, 0.6) is 0 Å². The van der Waals surface area contributed by atoms with Gasteiger partial charge in [0.15, 0.2) is 0 Å². The first-order valence-corrected chi connectivity index (χ1v) is 5.99.